The number of aromatic amines is 2. The monoisotopic (exact) mass is 856 g/mol. The van der Waals surface area contributed by atoms with E-state index in [2.05, 4.69) is 51.8 Å². The molecule has 17 heteroatoms. The number of methoxy groups -OCH3 is 1. The number of carbonyl (C=O) groups is 2. The van der Waals surface area contributed by atoms with Crippen LogP contribution in [0.2, 0.25) is 0 Å². The van der Waals surface area contributed by atoms with Crippen LogP contribution in [0.4, 0.5) is 0 Å². The molecular formula is C46H56N12O5. The highest BCUT2D eigenvalue weighted by Gasteiger charge is 2.33. The number of amides is 2. The Morgan fingerprint density at radius 1 is 0.556 bits per heavy atom. The van der Waals surface area contributed by atoms with Crippen molar-refractivity contribution in [2.45, 2.75) is 82.5 Å². The summed E-state index contributed by atoms with van der Waals surface area (Å²) in [5.41, 5.74) is 5.89. The number of fused-ring (bicyclic) bond motifs is 2. The molecule has 2 N–H and O–H groups in total. The molecule has 17 nitrogen and oxygen atoms in total. The Balaban J connectivity index is 0.000000160. The van der Waals surface area contributed by atoms with E-state index in [1.54, 1.807) is 31.9 Å². The van der Waals surface area contributed by atoms with Gasteiger partial charge >= 0.3 is 11.4 Å². The molecule has 0 spiro atoms. The molecule has 0 radical (unpaired) electrons. The molecule has 63 heavy (non-hydrogen) atoms. The van der Waals surface area contributed by atoms with Gasteiger partial charge in [0.25, 0.3) is 11.8 Å². The zero-order chi connectivity index (χ0) is 43.5. The van der Waals surface area contributed by atoms with Gasteiger partial charge in [0.1, 0.15) is 18.4 Å². The first-order valence-electron chi connectivity index (χ1n) is 22.3. The van der Waals surface area contributed by atoms with Gasteiger partial charge in [-0.1, -0.05) is 6.07 Å². The highest BCUT2D eigenvalue weighted by molar-refractivity contribution is 5.94. The lowest BCUT2D eigenvalue weighted by atomic mass is 9.97. The minimum atomic E-state index is -0.0524. The number of carbonyl (C=O) groups excluding carboxylic acids is 2. The first-order chi connectivity index (χ1) is 30.7. The first kappa shape index (κ1) is 42.1. The number of piperidine rings is 4. The van der Waals surface area contributed by atoms with E-state index < -0.39 is 0 Å². The lowest BCUT2D eigenvalue weighted by Crippen LogP contribution is -2.49. The molecule has 8 heterocycles. The van der Waals surface area contributed by atoms with Crippen molar-refractivity contribution in [1.82, 2.24) is 58.6 Å². The molecule has 0 bridgehead atoms. The number of rotatable bonds is 7. The molecule has 0 saturated carbocycles. The summed E-state index contributed by atoms with van der Waals surface area (Å²) >= 11 is 0. The van der Waals surface area contributed by atoms with Crippen molar-refractivity contribution in [1.29, 1.82) is 0 Å². The van der Waals surface area contributed by atoms with Crippen LogP contribution >= 0.6 is 0 Å². The Labute approximate surface area is 365 Å². The van der Waals surface area contributed by atoms with Crippen molar-refractivity contribution >= 4 is 33.9 Å². The summed E-state index contributed by atoms with van der Waals surface area (Å²) in [5, 5.41) is 0. The third-order valence-corrected chi connectivity index (χ3v) is 13.7. The first-order valence-corrected chi connectivity index (χ1v) is 22.3. The molecule has 4 fully saturated rings. The van der Waals surface area contributed by atoms with Gasteiger partial charge in [0.05, 0.1) is 40.3 Å². The largest absolute Gasteiger partial charge is 0.497 e. The third-order valence-electron chi connectivity index (χ3n) is 13.7. The molecule has 2 aromatic carbocycles. The Morgan fingerprint density at radius 2 is 0.952 bits per heavy atom. The summed E-state index contributed by atoms with van der Waals surface area (Å²) in [4.78, 5) is 81.2. The van der Waals surface area contributed by atoms with E-state index in [0.717, 1.165) is 137 Å². The van der Waals surface area contributed by atoms with Gasteiger partial charge in [-0.15, -0.1) is 0 Å². The fourth-order valence-corrected chi connectivity index (χ4v) is 10.3. The number of likely N-dealkylation sites (tertiary alicyclic amines) is 4. The molecule has 0 atom stereocenters. The smallest absolute Gasteiger partial charge is 0.326 e. The van der Waals surface area contributed by atoms with Gasteiger partial charge in [-0.25, -0.2) is 29.5 Å². The number of aromatic nitrogens is 8. The quantitative estimate of drug-likeness (QED) is 0.232. The number of nitrogens with zero attached hydrogens (tertiary/aromatic N) is 10. The van der Waals surface area contributed by atoms with E-state index in [4.69, 9.17) is 4.74 Å². The zero-order valence-electron chi connectivity index (χ0n) is 36.1. The Hall–Kier alpha value is -6.20. The molecule has 10 rings (SSSR count). The van der Waals surface area contributed by atoms with E-state index in [1.165, 1.54) is 12.7 Å². The standard InChI is InChI=1S/C23H28N6O3.C23H28N6O2/c1-32-19-2-3-21-20(12-19)26-23(31)29(21)18-6-8-27(9-7-18)17-4-10-28(11-5-17)22(30)16-13-24-15-25-14-16;1-16-2-3-21-20(12-16)26-23(31)29(21)19-6-8-27(9-7-19)18-4-10-28(11-5-18)22(30)17-13-24-15-25-14-17/h2-3,12-15,17-18H,4-11H2,1H3,(H,26,31);2-3,12-15,18-19H,4-11H2,1H3,(H,26,31). The average molecular weight is 857 g/mol. The lowest BCUT2D eigenvalue weighted by Gasteiger charge is -2.42. The molecule has 6 aromatic rings. The average Bonchev–Trinajstić information content (AvgIpc) is 3.85. The summed E-state index contributed by atoms with van der Waals surface area (Å²) in [6, 6.07) is 13.3. The van der Waals surface area contributed by atoms with Gasteiger partial charge in [-0.3, -0.25) is 18.7 Å². The topological polar surface area (TPSA) is 183 Å². The molecule has 330 valence electrons. The highest BCUT2D eigenvalue weighted by atomic mass is 16.5. The maximum atomic E-state index is 12.6. The number of H-pyrrole nitrogens is 2. The number of aryl methyl sites for hydroxylation is 1. The predicted molar refractivity (Wildman–Crippen MR) is 238 cm³/mol. The van der Waals surface area contributed by atoms with Gasteiger partial charge in [-0.05, 0) is 88.1 Å². The van der Waals surface area contributed by atoms with Gasteiger partial charge in [-0.2, -0.15) is 0 Å². The maximum absolute atomic E-state index is 12.6. The van der Waals surface area contributed by atoms with E-state index in [1.807, 2.05) is 50.1 Å². The van der Waals surface area contributed by atoms with Crippen LogP contribution in [0.1, 0.15) is 89.7 Å². The molecule has 2 amide bonds. The number of ether oxygens (including phenoxy) is 1. The van der Waals surface area contributed by atoms with Crippen molar-refractivity contribution in [3.8, 4) is 5.75 Å². The fraction of sp³-hybridized carbons (Fsp3) is 0.478. The van der Waals surface area contributed by atoms with E-state index >= 15 is 0 Å². The van der Waals surface area contributed by atoms with E-state index in [-0.39, 0.29) is 35.3 Å². The lowest BCUT2D eigenvalue weighted by molar-refractivity contribution is 0.0550. The Kier molecular flexibility index (Phi) is 12.5. The van der Waals surface area contributed by atoms with Crippen LogP contribution in [0.5, 0.6) is 5.75 Å². The molecule has 4 aromatic heterocycles. The van der Waals surface area contributed by atoms with Crippen molar-refractivity contribution < 1.29 is 14.3 Å². The summed E-state index contributed by atoms with van der Waals surface area (Å²) in [6.07, 6.45) is 16.9. The van der Waals surface area contributed by atoms with Crippen molar-refractivity contribution in [3.05, 3.63) is 111 Å². The Bertz CT molecular complexity index is 2630. The highest BCUT2D eigenvalue weighted by Crippen LogP contribution is 2.31. The summed E-state index contributed by atoms with van der Waals surface area (Å²) < 4.78 is 9.14. The molecule has 4 aliphatic heterocycles. The maximum Gasteiger partial charge on any atom is 0.326 e. The van der Waals surface area contributed by atoms with E-state index in [9.17, 15) is 19.2 Å². The second-order valence-electron chi connectivity index (χ2n) is 17.3. The number of hydrogen-bond donors (Lipinski definition) is 2. The van der Waals surface area contributed by atoms with Crippen LogP contribution in [-0.4, -0.2) is 142 Å². The summed E-state index contributed by atoms with van der Waals surface area (Å²) in [7, 11) is 1.63. The van der Waals surface area contributed by atoms with Gasteiger partial charge in [0, 0.05) is 107 Å². The fourth-order valence-electron chi connectivity index (χ4n) is 10.3. The van der Waals surface area contributed by atoms with Crippen LogP contribution in [0.15, 0.2) is 83.4 Å². The predicted octanol–water partition coefficient (Wildman–Crippen LogP) is 4.44. The molecular weight excluding hydrogens is 801 g/mol. The van der Waals surface area contributed by atoms with Crippen LogP contribution in [0.3, 0.4) is 0 Å². The second kappa shape index (κ2) is 18.6. The van der Waals surface area contributed by atoms with Gasteiger partial charge in [0.15, 0.2) is 0 Å². The molecule has 4 aliphatic rings. The van der Waals surface area contributed by atoms with Crippen LogP contribution in [0, 0.1) is 6.92 Å². The molecule has 0 aliphatic carbocycles. The van der Waals surface area contributed by atoms with Crippen molar-refractivity contribution in [3.63, 3.8) is 0 Å². The SMILES string of the molecule is COc1ccc2c(c1)[nH]c(=O)n2C1CCN(C2CCN(C(=O)c3cncnc3)CC2)CC1.Cc1ccc2c(c1)[nH]c(=O)n2C1CCN(C2CCN(C(=O)c3cncnc3)CC2)CC1. The number of hydrogen-bond acceptors (Lipinski definition) is 11. The van der Waals surface area contributed by atoms with E-state index in [0.29, 0.717) is 23.2 Å². The number of nitrogens with one attached hydrogen (secondary N) is 2. The van der Waals surface area contributed by atoms with Gasteiger partial charge < -0.3 is 34.3 Å². The normalized spacial score (nSPS) is 19.0. The summed E-state index contributed by atoms with van der Waals surface area (Å²) in [5.74, 6) is 0.773. The van der Waals surface area contributed by atoms with Gasteiger partial charge in [0.2, 0.25) is 0 Å². The minimum Gasteiger partial charge on any atom is -0.497 e. The van der Waals surface area contributed by atoms with Crippen molar-refractivity contribution in [2.75, 3.05) is 59.5 Å². The minimum absolute atomic E-state index is 0.00392. The Morgan fingerprint density at radius 3 is 1.38 bits per heavy atom. The van der Waals surface area contributed by atoms with Crippen LogP contribution in [-0.2, 0) is 0 Å². The van der Waals surface area contributed by atoms with Crippen LogP contribution < -0.4 is 16.1 Å². The van der Waals surface area contributed by atoms with Crippen molar-refractivity contribution in [2.24, 2.45) is 0 Å². The second-order valence-corrected chi connectivity index (χ2v) is 17.3. The summed E-state index contributed by atoms with van der Waals surface area (Å²) in [6.45, 7) is 8.97. The van der Waals surface area contributed by atoms with Crippen LogP contribution in [0.25, 0.3) is 22.1 Å². The molecule has 0 unspecified atom stereocenters. The number of imidazole rings is 2. The number of benzene rings is 2. The zero-order valence-corrected chi connectivity index (χ0v) is 36.1. The molecule has 4 saturated heterocycles. The third kappa shape index (κ3) is 9.02.